The van der Waals surface area contributed by atoms with Gasteiger partial charge in [-0.05, 0) is 26.2 Å². The molecule has 1 heterocycles. The second-order valence-electron chi connectivity index (χ2n) is 5.13. The Hall–Kier alpha value is -0.770. The minimum atomic E-state index is 0.198. The number of hydrogen-bond acceptors (Lipinski definition) is 2. The van der Waals surface area contributed by atoms with Crippen LogP contribution in [0, 0.1) is 0 Å². The molecule has 0 aromatic carbocycles. The third kappa shape index (κ3) is 4.48. The summed E-state index contributed by atoms with van der Waals surface area (Å²) in [6.07, 6.45) is 5.79. The van der Waals surface area contributed by atoms with Crippen LogP contribution in [0.3, 0.4) is 0 Å². The van der Waals surface area contributed by atoms with Gasteiger partial charge in [-0.25, -0.2) is 4.79 Å². The highest BCUT2D eigenvalue weighted by Gasteiger charge is 2.24. The number of methoxy groups -OCH3 is 1. The van der Waals surface area contributed by atoms with E-state index in [0.717, 1.165) is 32.4 Å². The van der Waals surface area contributed by atoms with E-state index in [0.29, 0.717) is 13.2 Å². The van der Waals surface area contributed by atoms with E-state index in [2.05, 4.69) is 13.8 Å². The van der Waals surface area contributed by atoms with Crippen LogP contribution in [-0.4, -0.2) is 55.2 Å². The van der Waals surface area contributed by atoms with Gasteiger partial charge in [-0.1, -0.05) is 19.8 Å². The van der Waals surface area contributed by atoms with Crippen LogP contribution < -0.4 is 0 Å². The van der Waals surface area contributed by atoms with Gasteiger partial charge in [0.25, 0.3) is 0 Å². The molecule has 0 N–H and O–H groups in total. The highest BCUT2D eigenvalue weighted by Crippen LogP contribution is 2.14. The Morgan fingerprint density at radius 2 is 1.89 bits per heavy atom. The highest BCUT2D eigenvalue weighted by atomic mass is 16.5. The standard InChI is InChI=1S/C14H28N2O2/c1-4-13(2)16(11-12-18-3)14(17)15-9-7-5-6-8-10-15/h13H,4-12H2,1-3H3. The number of likely N-dealkylation sites (tertiary alicyclic amines) is 1. The zero-order valence-electron chi connectivity index (χ0n) is 12.2. The van der Waals surface area contributed by atoms with Gasteiger partial charge in [0.2, 0.25) is 0 Å². The molecule has 106 valence electrons. The first-order chi connectivity index (χ1) is 8.70. The molecule has 0 radical (unpaired) electrons. The summed E-state index contributed by atoms with van der Waals surface area (Å²) in [5, 5.41) is 0. The molecule has 2 amide bonds. The first-order valence-corrected chi connectivity index (χ1v) is 7.25. The molecule has 1 unspecified atom stereocenters. The molecule has 0 bridgehead atoms. The third-order valence-electron chi connectivity index (χ3n) is 3.78. The molecule has 4 heteroatoms. The van der Waals surface area contributed by atoms with E-state index < -0.39 is 0 Å². The molecular formula is C14H28N2O2. The van der Waals surface area contributed by atoms with Crippen molar-refractivity contribution in [3.63, 3.8) is 0 Å². The Bertz CT molecular complexity index is 238. The normalized spacial score (nSPS) is 18.3. The topological polar surface area (TPSA) is 32.8 Å². The fourth-order valence-corrected chi connectivity index (χ4v) is 2.36. The number of carbonyl (C=O) groups excluding carboxylic acids is 1. The molecule has 1 aliphatic rings. The number of nitrogens with zero attached hydrogens (tertiary/aromatic N) is 2. The summed E-state index contributed by atoms with van der Waals surface area (Å²) in [7, 11) is 1.69. The van der Waals surface area contributed by atoms with Crippen molar-refractivity contribution in [2.24, 2.45) is 0 Å². The Morgan fingerprint density at radius 1 is 1.28 bits per heavy atom. The van der Waals surface area contributed by atoms with Gasteiger partial charge in [-0.2, -0.15) is 0 Å². The summed E-state index contributed by atoms with van der Waals surface area (Å²) >= 11 is 0. The molecule has 0 aliphatic carbocycles. The van der Waals surface area contributed by atoms with Gasteiger partial charge in [-0.15, -0.1) is 0 Å². The molecule has 0 aromatic rings. The average Bonchev–Trinajstić information content (AvgIpc) is 2.67. The lowest BCUT2D eigenvalue weighted by Crippen LogP contribution is -2.48. The van der Waals surface area contributed by atoms with E-state index in [4.69, 9.17) is 4.74 Å². The van der Waals surface area contributed by atoms with E-state index in [1.54, 1.807) is 7.11 Å². The lowest BCUT2D eigenvalue weighted by molar-refractivity contribution is 0.108. The lowest BCUT2D eigenvalue weighted by atomic mass is 10.2. The molecule has 0 saturated carbocycles. The van der Waals surface area contributed by atoms with Crippen LogP contribution in [-0.2, 0) is 4.74 Å². The van der Waals surface area contributed by atoms with E-state index >= 15 is 0 Å². The van der Waals surface area contributed by atoms with Crippen LogP contribution in [0.15, 0.2) is 0 Å². The van der Waals surface area contributed by atoms with Gasteiger partial charge in [0, 0.05) is 32.8 Å². The van der Waals surface area contributed by atoms with Gasteiger partial charge < -0.3 is 14.5 Å². The quantitative estimate of drug-likeness (QED) is 0.757. The minimum Gasteiger partial charge on any atom is -0.383 e. The highest BCUT2D eigenvalue weighted by molar-refractivity contribution is 5.74. The summed E-state index contributed by atoms with van der Waals surface area (Å²) in [5.41, 5.74) is 0. The fraction of sp³-hybridized carbons (Fsp3) is 0.929. The van der Waals surface area contributed by atoms with Crippen molar-refractivity contribution in [3.8, 4) is 0 Å². The van der Waals surface area contributed by atoms with Crippen molar-refractivity contribution in [2.75, 3.05) is 33.4 Å². The first-order valence-electron chi connectivity index (χ1n) is 7.25. The summed E-state index contributed by atoms with van der Waals surface area (Å²) < 4.78 is 5.12. The number of hydrogen-bond donors (Lipinski definition) is 0. The van der Waals surface area contributed by atoms with Gasteiger partial charge >= 0.3 is 6.03 Å². The fourth-order valence-electron chi connectivity index (χ4n) is 2.36. The second-order valence-corrected chi connectivity index (χ2v) is 5.13. The molecule has 1 saturated heterocycles. The lowest BCUT2D eigenvalue weighted by Gasteiger charge is -2.33. The van der Waals surface area contributed by atoms with Crippen LogP contribution in [0.4, 0.5) is 4.79 Å². The minimum absolute atomic E-state index is 0.198. The van der Waals surface area contributed by atoms with E-state index in [9.17, 15) is 4.79 Å². The Morgan fingerprint density at radius 3 is 2.39 bits per heavy atom. The van der Waals surface area contributed by atoms with E-state index in [-0.39, 0.29) is 12.1 Å². The van der Waals surface area contributed by atoms with E-state index in [1.807, 2.05) is 9.80 Å². The Balaban J connectivity index is 2.60. The molecule has 18 heavy (non-hydrogen) atoms. The summed E-state index contributed by atoms with van der Waals surface area (Å²) in [4.78, 5) is 16.5. The molecule has 1 atom stereocenters. The average molecular weight is 256 g/mol. The zero-order chi connectivity index (χ0) is 13.4. The molecule has 0 aromatic heterocycles. The SMILES string of the molecule is CCC(C)N(CCOC)C(=O)N1CCCCCC1. The third-order valence-corrected chi connectivity index (χ3v) is 3.78. The number of amides is 2. The summed E-state index contributed by atoms with van der Waals surface area (Å²) in [6, 6.07) is 0.485. The van der Waals surface area contributed by atoms with Gasteiger partial charge in [0.1, 0.15) is 0 Å². The number of urea groups is 1. The first kappa shape index (κ1) is 15.3. The molecule has 1 fully saturated rings. The summed E-state index contributed by atoms with van der Waals surface area (Å²) in [6.45, 7) is 7.38. The van der Waals surface area contributed by atoms with Crippen molar-refractivity contribution in [2.45, 2.75) is 52.0 Å². The summed E-state index contributed by atoms with van der Waals surface area (Å²) in [5.74, 6) is 0. The monoisotopic (exact) mass is 256 g/mol. The molecule has 0 spiro atoms. The van der Waals surface area contributed by atoms with Crippen molar-refractivity contribution in [1.82, 2.24) is 9.80 Å². The number of rotatable bonds is 5. The van der Waals surface area contributed by atoms with Crippen molar-refractivity contribution in [1.29, 1.82) is 0 Å². The van der Waals surface area contributed by atoms with Gasteiger partial charge in [0.15, 0.2) is 0 Å². The zero-order valence-corrected chi connectivity index (χ0v) is 12.2. The molecule has 4 nitrogen and oxygen atoms in total. The maximum absolute atomic E-state index is 12.6. The van der Waals surface area contributed by atoms with Crippen molar-refractivity contribution < 1.29 is 9.53 Å². The van der Waals surface area contributed by atoms with Crippen LogP contribution in [0.1, 0.15) is 46.0 Å². The van der Waals surface area contributed by atoms with Gasteiger partial charge in [-0.3, -0.25) is 0 Å². The maximum atomic E-state index is 12.6. The molecule has 1 rings (SSSR count). The predicted molar refractivity (Wildman–Crippen MR) is 73.8 cm³/mol. The van der Waals surface area contributed by atoms with Crippen molar-refractivity contribution >= 4 is 6.03 Å². The molecular weight excluding hydrogens is 228 g/mol. The van der Waals surface area contributed by atoms with Crippen LogP contribution >= 0.6 is 0 Å². The smallest absolute Gasteiger partial charge is 0.320 e. The Kier molecular flexibility index (Phi) is 7.09. The predicted octanol–water partition coefficient (Wildman–Crippen LogP) is 2.73. The largest absolute Gasteiger partial charge is 0.383 e. The molecule has 1 aliphatic heterocycles. The van der Waals surface area contributed by atoms with Gasteiger partial charge in [0.05, 0.1) is 6.61 Å². The van der Waals surface area contributed by atoms with Crippen molar-refractivity contribution in [3.05, 3.63) is 0 Å². The van der Waals surface area contributed by atoms with Crippen LogP contribution in [0.2, 0.25) is 0 Å². The van der Waals surface area contributed by atoms with Crippen LogP contribution in [0.5, 0.6) is 0 Å². The van der Waals surface area contributed by atoms with E-state index in [1.165, 1.54) is 12.8 Å². The second kappa shape index (κ2) is 8.35. The Labute approximate surface area is 111 Å². The number of carbonyl (C=O) groups is 1. The van der Waals surface area contributed by atoms with Crippen LogP contribution in [0.25, 0.3) is 0 Å². The maximum Gasteiger partial charge on any atom is 0.320 e. The number of ether oxygens (including phenoxy) is 1.